The lowest BCUT2D eigenvalue weighted by Crippen LogP contribution is -2.39. The van der Waals surface area contributed by atoms with E-state index in [-0.39, 0.29) is 0 Å². The van der Waals surface area contributed by atoms with Crippen LogP contribution in [0.1, 0.15) is 25.7 Å². The number of thioether (sulfide) groups is 1. The molecule has 3 rings (SSSR count). The number of hydrogen-bond acceptors (Lipinski definition) is 2. The number of benzene rings is 1. The van der Waals surface area contributed by atoms with E-state index in [1.165, 1.54) is 35.1 Å². The minimum atomic E-state index is 0.798. The van der Waals surface area contributed by atoms with E-state index in [9.17, 15) is 0 Å². The first kappa shape index (κ1) is 11.1. The van der Waals surface area contributed by atoms with E-state index < -0.39 is 0 Å². The van der Waals surface area contributed by atoms with Gasteiger partial charge in [0.15, 0.2) is 0 Å². The molecule has 3 heteroatoms. The fraction of sp³-hybridized carbons (Fsp3) is 0.538. The molecule has 2 atom stereocenters. The molecular formula is C13H16BrNS. The highest BCUT2D eigenvalue weighted by Crippen LogP contribution is 2.37. The standard InChI is InChI=1S/C13H16BrNS/c14-9-1-5-12(6-2-9)16-13-7-10-3-4-11(8-13)15-10/h1-2,5-6,10-11,13,15H,3-4,7-8H2/t10-,11-/m1/s1. The van der Waals surface area contributed by atoms with E-state index in [1.807, 2.05) is 0 Å². The van der Waals surface area contributed by atoms with Crippen LogP contribution in [0.5, 0.6) is 0 Å². The molecular weight excluding hydrogens is 282 g/mol. The predicted molar refractivity (Wildman–Crippen MR) is 73.0 cm³/mol. The smallest absolute Gasteiger partial charge is 0.0176 e. The van der Waals surface area contributed by atoms with Crippen LogP contribution in [0.15, 0.2) is 33.6 Å². The van der Waals surface area contributed by atoms with Crippen molar-refractivity contribution in [2.75, 3.05) is 0 Å². The van der Waals surface area contributed by atoms with Crippen LogP contribution in [-0.2, 0) is 0 Å². The molecule has 2 fully saturated rings. The summed E-state index contributed by atoms with van der Waals surface area (Å²) in [6.45, 7) is 0. The summed E-state index contributed by atoms with van der Waals surface area (Å²) >= 11 is 5.54. The Morgan fingerprint density at radius 2 is 1.69 bits per heavy atom. The number of hydrogen-bond donors (Lipinski definition) is 1. The topological polar surface area (TPSA) is 12.0 Å². The van der Waals surface area contributed by atoms with Gasteiger partial charge in [0.05, 0.1) is 0 Å². The molecule has 0 saturated carbocycles. The van der Waals surface area contributed by atoms with Gasteiger partial charge in [-0.3, -0.25) is 0 Å². The number of halogens is 1. The number of rotatable bonds is 2. The Morgan fingerprint density at radius 1 is 1.06 bits per heavy atom. The SMILES string of the molecule is Brc1ccc(SC2C[C@H]3CC[C@H](C2)N3)cc1. The molecule has 2 heterocycles. The van der Waals surface area contributed by atoms with Crippen molar-refractivity contribution in [1.29, 1.82) is 0 Å². The third kappa shape index (κ3) is 2.47. The molecule has 1 nitrogen and oxygen atoms in total. The molecule has 86 valence electrons. The second kappa shape index (κ2) is 4.71. The van der Waals surface area contributed by atoms with Crippen molar-refractivity contribution in [2.24, 2.45) is 0 Å². The van der Waals surface area contributed by atoms with Crippen LogP contribution >= 0.6 is 27.7 Å². The van der Waals surface area contributed by atoms with Crippen LogP contribution in [0.4, 0.5) is 0 Å². The lowest BCUT2D eigenvalue weighted by molar-refractivity contribution is 0.415. The van der Waals surface area contributed by atoms with Gasteiger partial charge in [-0.15, -0.1) is 11.8 Å². The quantitative estimate of drug-likeness (QED) is 0.890. The monoisotopic (exact) mass is 297 g/mol. The third-order valence-corrected chi connectivity index (χ3v) is 5.34. The van der Waals surface area contributed by atoms with Crippen molar-refractivity contribution in [3.05, 3.63) is 28.7 Å². The molecule has 1 aromatic carbocycles. The summed E-state index contributed by atoms with van der Waals surface area (Å²) in [5.41, 5.74) is 0. The van der Waals surface area contributed by atoms with Crippen LogP contribution in [-0.4, -0.2) is 17.3 Å². The van der Waals surface area contributed by atoms with E-state index in [0.717, 1.165) is 17.3 Å². The fourth-order valence-corrected chi connectivity index (χ4v) is 4.41. The lowest BCUT2D eigenvalue weighted by Gasteiger charge is -2.28. The van der Waals surface area contributed by atoms with Crippen molar-refractivity contribution in [1.82, 2.24) is 5.32 Å². The Balaban J connectivity index is 1.64. The zero-order valence-electron chi connectivity index (χ0n) is 9.16. The zero-order chi connectivity index (χ0) is 11.0. The minimum absolute atomic E-state index is 0.798. The van der Waals surface area contributed by atoms with Gasteiger partial charge in [-0.05, 0) is 49.9 Å². The second-order valence-corrected chi connectivity index (χ2v) is 7.09. The Labute approximate surface area is 110 Å². The summed E-state index contributed by atoms with van der Waals surface area (Å²) in [5.74, 6) is 0. The van der Waals surface area contributed by atoms with Crippen molar-refractivity contribution in [2.45, 2.75) is 47.9 Å². The molecule has 1 N–H and O–H groups in total. The highest BCUT2D eigenvalue weighted by atomic mass is 79.9. The fourth-order valence-electron chi connectivity index (χ4n) is 2.81. The van der Waals surface area contributed by atoms with E-state index in [0.29, 0.717) is 0 Å². The zero-order valence-corrected chi connectivity index (χ0v) is 11.6. The highest BCUT2D eigenvalue weighted by Gasteiger charge is 2.33. The Bertz CT molecular complexity index is 353. The largest absolute Gasteiger partial charge is 0.311 e. The van der Waals surface area contributed by atoms with E-state index in [2.05, 4.69) is 57.3 Å². The molecule has 16 heavy (non-hydrogen) atoms. The summed E-state index contributed by atoms with van der Waals surface area (Å²) in [4.78, 5) is 1.41. The summed E-state index contributed by atoms with van der Waals surface area (Å²) < 4.78 is 1.17. The van der Waals surface area contributed by atoms with Crippen LogP contribution in [0, 0.1) is 0 Å². The summed E-state index contributed by atoms with van der Waals surface area (Å²) in [6.07, 6.45) is 5.47. The third-order valence-electron chi connectivity index (χ3n) is 3.55. The molecule has 0 spiro atoms. The van der Waals surface area contributed by atoms with E-state index in [1.54, 1.807) is 0 Å². The van der Waals surface area contributed by atoms with Gasteiger partial charge in [0, 0.05) is 26.7 Å². The van der Waals surface area contributed by atoms with Crippen LogP contribution in [0.3, 0.4) is 0 Å². The second-order valence-electron chi connectivity index (χ2n) is 4.80. The average Bonchev–Trinajstić information content (AvgIpc) is 2.62. The molecule has 2 aliphatic heterocycles. The normalized spacial score (nSPS) is 32.9. The van der Waals surface area contributed by atoms with Gasteiger partial charge in [-0.25, -0.2) is 0 Å². The van der Waals surface area contributed by atoms with Crippen LogP contribution in [0.2, 0.25) is 0 Å². The molecule has 0 aliphatic carbocycles. The lowest BCUT2D eigenvalue weighted by atomic mass is 10.1. The molecule has 2 bridgehead atoms. The minimum Gasteiger partial charge on any atom is -0.311 e. The van der Waals surface area contributed by atoms with Crippen LogP contribution in [0.25, 0.3) is 0 Å². The summed E-state index contributed by atoms with van der Waals surface area (Å²) in [5, 5.41) is 4.51. The molecule has 2 saturated heterocycles. The predicted octanol–water partition coefficient (Wildman–Crippen LogP) is 3.82. The number of fused-ring (bicyclic) bond motifs is 2. The molecule has 2 aliphatic rings. The maximum atomic E-state index is 3.69. The van der Waals surface area contributed by atoms with Gasteiger partial charge in [-0.1, -0.05) is 15.9 Å². The van der Waals surface area contributed by atoms with Crippen molar-refractivity contribution in [3.8, 4) is 0 Å². The van der Waals surface area contributed by atoms with Gasteiger partial charge >= 0.3 is 0 Å². The number of piperidine rings is 1. The number of nitrogens with one attached hydrogen (secondary N) is 1. The summed E-state index contributed by atoms with van der Waals surface area (Å²) in [7, 11) is 0. The first-order valence-electron chi connectivity index (χ1n) is 5.98. The maximum absolute atomic E-state index is 3.69. The van der Waals surface area contributed by atoms with Gasteiger partial charge < -0.3 is 5.32 Å². The van der Waals surface area contributed by atoms with Crippen molar-refractivity contribution in [3.63, 3.8) is 0 Å². The maximum Gasteiger partial charge on any atom is 0.0176 e. The van der Waals surface area contributed by atoms with Gasteiger partial charge in [0.1, 0.15) is 0 Å². The van der Waals surface area contributed by atoms with E-state index in [4.69, 9.17) is 0 Å². The molecule has 0 aromatic heterocycles. The molecule has 1 aromatic rings. The average molecular weight is 298 g/mol. The Hall–Kier alpha value is 0.01000. The first-order chi connectivity index (χ1) is 7.79. The summed E-state index contributed by atoms with van der Waals surface area (Å²) in [6, 6.07) is 10.3. The van der Waals surface area contributed by atoms with Gasteiger partial charge in [0.2, 0.25) is 0 Å². The Kier molecular flexibility index (Phi) is 3.27. The first-order valence-corrected chi connectivity index (χ1v) is 7.65. The molecule has 0 unspecified atom stereocenters. The van der Waals surface area contributed by atoms with E-state index >= 15 is 0 Å². The highest BCUT2D eigenvalue weighted by molar-refractivity contribution is 9.10. The van der Waals surface area contributed by atoms with Gasteiger partial charge in [-0.2, -0.15) is 0 Å². The van der Waals surface area contributed by atoms with Gasteiger partial charge in [0.25, 0.3) is 0 Å². The van der Waals surface area contributed by atoms with Crippen LogP contribution < -0.4 is 5.32 Å². The Morgan fingerprint density at radius 3 is 2.31 bits per heavy atom. The molecule has 0 radical (unpaired) electrons. The van der Waals surface area contributed by atoms with Crippen molar-refractivity contribution < 1.29 is 0 Å². The molecule has 0 amide bonds. The van der Waals surface area contributed by atoms with Crippen molar-refractivity contribution >= 4 is 27.7 Å².